The molecule has 32 heavy (non-hydrogen) atoms. The molecule has 0 radical (unpaired) electrons. The van der Waals surface area contributed by atoms with E-state index in [2.05, 4.69) is 36.6 Å². The fraction of sp³-hybridized carbons (Fsp3) is 0.368. The summed E-state index contributed by atoms with van der Waals surface area (Å²) in [7, 11) is -11.4. The molecular formula is C19H22Br2N2O6S3. The van der Waals surface area contributed by atoms with Gasteiger partial charge in [-0.2, -0.15) is 4.31 Å². The Morgan fingerprint density at radius 3 is 1.91 bits per heavy atom. The lowest BCUT2D eigenvalue weighted by atomic mass is 10.0. The molecular weight excluding hydrogens is 608 g/mol. The van der Waals surface area contributed by atoms with E-state index in [9.17, 15) is 25.3 Å². The zero-order valence-electron chi connectivity index (χ0n) is 17.0. The molecule has 1 aliphatic rings. The van der Waals surface area contributed by atoms with Gasteiger partial charge in [0.05, 0.1) is 21.3 Å². The summed E-state index contributed by atoms with van der Waals surface area (Å²) in [5.41, 5.74) is -1.19. The number of nitrogens with one attached hydrogen (secondary N) is 1. The molecule has 13 heteroatoms. The highest BCUT2D eigenvalue weighted by Crippen LogP contribution is 2.34. The molecule has 176 valence electrons. The van der Waals surface area contributed by atoms with Crippen molar-refractivity contribution in [1.29, 1.82) is 0 Å². The van der Waals surface area contributed by atoms with Gasteiger partial charge >= 0.3 is 0 Å². The second-order valence-electron chi connectivity index (χ2n) is 7.72. The van der Waals surface area contributed by atoms with Crippen molar-refractivity contribution in [3.05, 3.63) is 57.5 Å². The van der Waals surface area contributed by atoms with Gasteiger partial charge < -0.3 is 0 Å². The first-order valence-corrected chi connectivity index (χ1v) is 15.8. The average molecular weight is 630 g/mol. The van der Waals surface area contributed by atoms with Crippen LogP contribution in [-0.2, 0) is 29.9 Å². The standard InChI is InChI=1S/C19H22Br2N2O6S3/c1-19(10-13-30(24,25)14-19)23(32(28,29)18-8-4-16(21)5-9-18)12-11-22-31(26,27)17-6-2-15(20)3-7-17/h2-9,22H,10-14H2,1H3/t19-/m1/s1. The summed E-state index contributed by atoms with van der Waals surface area (Å²) >= 11 is 6.51. The van der Waals surface area contributed by atoms with Gasteiger partial charge in [-0.15, -0.1) is 0 Å². The van der Waals surface area contributed by atoms with Crippen molar-refractivity contribution in [2.24, 2.45) is 0 Å². The maximum Gasteiger partial charge on any atom is 0.243 e. The lowest BCUT2D eigenvalue weighted by Crippen LogP contribution is -2.53. The normalized spacial score (nSPS) is 21.1. The van der Waals surface area contributed by atoms with Crippen molar-refractivity contribution >= 4 is 61.7 Å². The third-order valence-electron chi connectivity index (χ3n) is 5.22. The number of hydrogen-bond acceptors (Lipinski definition) is 6. The van der Waals surface area contributed by atoms with Gasteiger partial charge in [0.1, 0.15) is 0 Å². The number of nitrogens with zero attached hydrogens (tertiary/aromatic N) is 1. The Morgan fingerprint density at radius 1 is 0.938 bits per heavy atom. The summed E-state index contributed by atoms with van der Waals surface area (Å²) in [5, 5.41) is 0. The molecule has 3 rings (SSSR count). The fourth-order valence-electron chi connectivity index (χ4n) is 3.58. The highest BCUT2D eigenvalue weighted by Gasteiger charge is 2.47. The monoisotopic (exact) mass is 628 g/mol. The quantitative estimate of drug-likeness (QED) is 0.480. The van der Waals surface area contributed by atoms with Crippen LogP contribution in [0, 0.1) is 0 Å². The molecule has 1 N–H and O–H groups in total. The molecule has 1 fully saturated rings. The maximum absolute atomic E-state index is 13.4. The molecule has 1 saturated heterocycles. The predicted molar refractivity (Wildman–Crippen MR) is 129 cm³/mol. The molecule has 0 spiro atoms. The smallest absolute Gasteiger partial charge is 0.229 e. The minimum atomic E-state index is -4.09. The van der Waals surface area contributed by atoms with Crippen LogP contribution in [0.3, 0.4) is 0 Å². The zero-order chi connectivity index (χ0) is 23.8. The minimum absolute atomic E-state index is 0.00184. The molecule has 2 aromatic rings. The molecule has 8 nitrogen and oxygen atoms in total. The van der Waals surface area contributed by atoms with Gasteiger partial charge in [0, 0.05) is 27.6 Å². The number of hydrogen-bond donors (Lipinski definition) is 1. The Morgan fingerprint density at radius 2 is 1.44 bits per heavy atom. The molecule has 0 aromatic heterocycles. The number of sulfonamides is 2. The first-order chi connectivity index (χ1) is 14.8. The number of rotatable bonds is 8. The SMILES string of the molecule is C[C@@]1(N(CCNS(=O)(=O)c2ccc(Br)cc2)S(=O)(=O)c2ccc(Br)cc2)CCS(=O)(=O)C1. The van der Waals surface area contributed by atoms with Gasteiger partial charge in [0.2, 0.25) is 20.0 Å². The summed E-state index contributed by atoms with van der Waals surface area (Å²) in [6.07, 6.45) is 0.130. The Bertz CT molecular complexity index is 1300. The van der Waals surface area contributed by atoms with Crippen molar-refractivity contribution in [3.8, 4) is 0 Å². The van der Waals surface area contributed by atoms with Crippen molar-refractivity contribution in [2.45, 2.75) is 28.7 Å². The van der Waals surface area contributed by atoms with E-state index in [-0.39, 0.29) is 40.8 Å². The zero-order valence-corrected chi connectivity index (χ0v) is 22.7. The second-order valence-corrected chi connectivity index (χ2v) is 15.4. The Balaban J connectivity index is 1.88. The van der Waals surface area contributed by atoms with Crippen LogP contribution >= 0.6 is 31.9 Å². The van der Waals surface area contributed by atoms with Crippen molar-refractivity contribution < 1.29 is 25.3 Å². The topological polar surface area (TPSA) is 118 Å². The second kappa shape index (κ2) is 9.43. The van der Waals surface area contributed by atoms with E-state index in [1.807, 2.05) is 0 Å². The number of sulfone groups is 1. The Labute approximate surface area is 205 Å². The predicted octanol–water partition coefficient (Wildman–Crippen LogP) is 2.76. The lowest BCUT2D eigenvalue weighted by Gasteiger charge is -2.36. The van der Waals surface area contributed by atoms with E-state index in [0.717, 1.165) is 8.78 Å². The van der Waals surface area contributed by atoms with Crippen molar-refractivity contribution in [2.75, 3.05) is 24.6 Å². The van der Waals surface area contributed by atoms with Crippen LogP contribution in [0.15, 0.2) is 67.3 Å². The minimum Gasteiger partial charge on any atom is -0.229 e. The summed E-state index contributed by atoms with van der Waals surface area (Å²) in [6, 6.07) is 12.0. The van der Waals surface area contributed by atoms with Crippen LogP contribution < -0.4 is 4.72 Å². The molecule has 0 saturated carbocycles. The van der Waals surface area contributed by atoms with Gasteiger partial charge in [-0.3, -0.25) is 0 Å². The average Bonchev–Trinajstić information content (AvgIpc) is 2.99. The number of halogens is 2. The molecule has 0 amide bonds. The van der Waals surface area contributed by atoms with Crippen molar-refractivity contribution in [1.82, 2.24) is 9.03 Å². The van der Waals surface area contributed by atoms with E-state index in [4.69, 9.17) is 0 Å². The van der Waals surface area contributed by atoms with Crippen LogP contribution in [0.5, 0.6) is 0 Å². The van der Waals surface area contributed by atoms with E-state index >= 15 is 0 Å². The Kier molecular flexibility index (Phi) is 7.60. The van der Waals surface area contributed by atoms with Crippen molar-refractivity contribution in [3.63, 3.8) is 0 Å². The first-order valence-electron chi connectivity index (χ1n) is 9.49. The van der Waals surface area contributed by atoms with Gasteiger partial charge in [-0.05, 0) is 61.9 Å². The molecule has 1 atom stereocenters. The van der Waals surface area contributed by atoms with E-state index in [1.165, 1.54) is 24.3 Å². The molecule has 0 aliphatic carbocycles. The van der Waals surface area contributed by atoms with Crippen LogP contribution in [0.2, 0.25) is 0 Å². The highest BCUT2D eigenvalue weighted by atomic mass is 79.9. The summed E-state index contributed by atoms with van der Waals surface area (Å²) < 4.78 is 81.3. The van der Waals surface area contributed by atoms with Gasteiger partial charge in [-0.1, -0.05) is 31.9 Å². The molecule has 0 unspecified atom stereocenters. The first kappa shape index (κ1) is 25.8. The van der Waals surface area contributed by atoms with Crippen LogP contribution in [0.25, 0.3) is 0 Å². The summed E-state index contributed by atoms with van der Waals surface area (Å²) in [5.74, 6) is -0.449. The third kappa shape index (κ3) is 5.80. The molecule has 0 bridgehead atoms. The Hall–Kier alpha value is -0.830. The number of benzene rings is 2. The molecule has 2 aromatic carbocycles. The van der Waals surface area contributed by atoms with Gasteiger partial charge in [0.15, 0.2) is 9.84 Å². The molecule has 1 aliphatic heterocycles. The highest BCUT2D eigenvalue weighted by molar-refractivity contribution is 9.10. The van der Waals surface area contributed by atoms with Gasteiger partial charge in [0.25, 0.3) is 0 Å². The van der Waals surface area contributed by atoms with E-state index < -0.39 is 35.4 Å². The summed E-state index contributed by atoms with van der Waals surface area (Å²) in [6.45, 7) is 1.14. The van der Waals surface area contributed by atoms with E-state index in [0.29, 0.717) is 4.47 Å². The lowest BCUT2D eigenvalue weighted by molar-refractivity contribution is 0.236. The molecule has 1 heterocycles. The van der Waals surface area contributed by atoms with Gasteiger partial charge in [-0.25, -0.2) is 30.0 Å². The largest absolute Gasteiger partial charge is 0.243 e. The van der Waals surface area contributed by atoms with Crippen LogP contribution in [0.1, 0.15) is 13.3 Å². The maximum atomic E-state index is 13.4. The summed E-state index contributed by atoms with van der Waals surface area (Å²) in [4.78, 5) is 0.0414. The van der Waals surface area contributed by atoms with Crippen LogP contribution in [0.4, 0.5) is 0 Å². The van der Waals surface area contributed by atoms with Crippen LogP contribution in [-0.4, -0.2) is 59.7 Å². The third-order valence-corrected chi connectivity index (χ3v) is 11.7. The van der Waals surface area contributed by atoms with E-state index in [1.54, 1.807) is 31.2 Å². The fourth-order valence-corrected chi connectivity index (χ4v) is 9.16.